The zero-order chi connectivity index (χ0) is 23.9. The Balaban J connectivity index is 1.40. The molecule has 1 amide bonds. The van der Waals surface area contributed by atoms with Gasteiger partial charge in [0.1, 0.15) is 5.82 Å². The van der Waals surface area contributed by atoms with Gasteiger partial charge in [-0.3, -0.25) is 4.79 Å². The molecule has 11 heteroatoms. The Morgan fingerprint density at radius 2 is 2.14 bits per heavy atom. The lowest BCUT2D eigenvalue weighted by Crippen LogP contribution is -2.32. The number of ether oxygens (including phenoxy) is 1. The number of fused-ring (bicyclic) bond motifs is 1. The van der Waals surface area contributed by atoms with Crippen molar-refractivity contribution in [2.75, 3.05) is 31.6 Å². The zero-order valence-corrected chi connectivity index (χ0v) is 19.9. The number of carbonyl (C=O) groups excluding carboxylic acids is 1. The molecule has 1 aliphatic carbocycles. The van der Waals surface area contributed by atoms with E-state index in [1.165, 1.54) is 11.3 Å². The van der Waals surface area contributed by atoms with Gasteiger partial charge in [0.25, 0.3) is 5.91 Å². The molecule has 1 saturated carbocycles. The fourth-order valence-corrected chi connectivity index (χ4v) is 5.09. The first kappa shape index (κ1) is 21.8. The van der Waals surface area contributed by atoms with E-state index in [0.717, 1.165) is 41.2 Å². The molecule has 1 saturated heterocycles. The zero-order valence-electron chi connectivity index (χ0n) is 19.0. The van der Waals surface area contributed by atoms with Crippen LogP contribution in [-0.2, 0) is 4.74 Å². The number of amides is 1. The van der Waals surface area contributed by atoms with Crippen LogP contribution < -0.4 is 21.7 Å². The van der Waals surface area contributed by atoms with Gasteiger partial charge < -0.3 is 24.9 Å². The number of H-pyrrole nitrogens is 2. The van der Waals surface area contributed by atoms with E-state index < -0.39 is 0 Å². The molecule has 0 spiro atoms. The highest BCUT2D eigenvalue weighted by atomic mass is 32.1. The van der Waals surface area contributed by atoms with Crippen LogP contribution in [0.5, 0.6) is 0 Å². The Morgan fingerprint density at radius 1 is 1.26 bits per heavy atom. The van der Waals surface area contributed by atoms with Crippen LogP contribution in [-0.4, -0.2) is 67.7 Å². The topological polar surface area (TPSA) is 120 Å². The van der Waals surface area contributed by atoms with Crippen molar-refractivity contribution in [3.05, 3.63) is 56.0 Å². The number of thiophene rings is 1. The highest BCUT2D eigenvalue weighted by Crippen LogP contribution is 2.32. The lowest BCUT2D eigenvalue weighted by atomic mass is 10.2. The lowest BCUT2D eigenvalue weighted by molar-refractivity contribution is 0.0746. The molecule has 4 aromatic heterocycles. The van der Waals surface area contributed by atoms with Gasteiger partial charge in [-0.2, -0.15) is 9.61 Å². The minimum atomic E-state index is -0.311. The Kier molecular flexibility index (Phi) is 5.50. The molecule has 2 aliphatic rings. The third-order valence-corrected chi connectivity index (χ3v) is 7.24. The van der Waals surface area contributed by atoms with Gasteiger partial charge in [0.05, 0.1) is 39.0 Å². The molecule has 5 heterocycles. The Bertz CT molecular complexity index is 1570. The summed E-state index contributed by atoms with van der Waals surface area (Å²) < 4.78 is 7.26. The molecule has 4 aromatic rings. The normalized spacial score (nSPS) is 17.1. The maximum absolute atomic E-state index is 13.1. The summed E-state index contributed by atoms with van der Waals surface area (Å²) in [5.74, 6) is 0.873. The molecule has 0 unspecified atom stereocenters. The van der Waals surface area contributed by atoms with Gasteiger partial charge >= 0.3 is 5.69 Å². The van der Waals surface area contributed by atoms with Crippen LogP contribution in [0.4, 0.5) is 5.82 Å². The van der Waals surface area contributed by atoms with Crippen molar-refractivity contribution in [2.45, 2.75) is 25.3 Å². The molecule has 0 atom stereocenters. The van der Waals surface area contributed by atoms with Gasteiger partial charge in [-0.25, -0.2) is 9.78 Å². The van der Waals surface area contributed by atoms with Crippen LogP contribution in [0, 0.1) is 0 Å². The Hall–Kier alpha value is -3.70. The number of imidazole rings is 1. The maximum Gasteiger partial charge on any atom is 0.323 e. The molecular formula is C24H25N7O3S. The van der Waals surface area contributed by atoms with Crippen LogP contribution >= 0.6 is 11.3 Å². The van der Waals surface area contributed by atoms with Gasteiger partial charge in [0.2, 0.25) is 0 Å². The van der Waals surface area contributed by atoms with Crippen molar-refractivity contribution >= 4 is 41.4 Å². The number of carbonyl (C=O) groups is 1. The van der Waals surface area contributed by atoms with Crippen LogP contribution in [0.1, 0.15) is 34.5 Å². The van der Waals surface area contributed by atoms with Crippen LogP contribution in [0.2, 0.25) is 0 Å². The van der Waals surface area contributed by atoms with E-state index in [1.54, 1.807) is 10.7 Å². The predicted octanol–water partition coefficient (Wildman–Crippen LogP) is 1.15. The summed E-state index contributed by atoms with van der Waals surface area (Å²) >= 11 is 1.44. The quantitative estimate of drug-likeness (QED) is 0.385. The smallest absolute Gasteiger partial charge is 0.323 e. The lowest BCUT2D eigenvalue weighted by Gasteiger charge is -2.18. The summed E-state index contributed by atoms with van der Waals surface area (Å²) in [5, 5.41) is 9.16. The molecule has 35 heavy (non-hydrogen) atoms. The Labute approximate surface area is 204 Å². The molecule has 0 radical (unpaired) electrons. The van der Waals surface area contributed by atoms with Crippen molar-refractivity contribution in [3.8, 4) is 10.6 Å². The maximum atomic E-state index is 13.1. The van der Waals surface area contributed by atoms with Crippen molar-refractivity contribution < 1.29 is 9.53 Å². The molecule has 0 aromatic carbocycles. The third-order valence-electron chi connectivity index (χ3n) is 6.14. The van der Waals surface area contributed by atoms with Crippen molar-refractivity contribution in [1.82, 2.24) is 29.5 Å². The summed E-state index contributed by atoms with van der Waals surface area (Å²) in [6.07, 6.45) is 6.61. The van der Waals surface area contributed by atoms with E-state index in [2.05, 4.69) is 27.0 Å². The first-order valence-corrected chi connectivity index (χ1v) is 12.5. The molecule has 0 bridgehead atoms. The molecule has 6 rings (SSSR count). The molecule has 180 valence electrons. The van der Waals surface area contributed by atoms with Gasteiger partial charge in [0, 0.05) is 37.4 Å². The van der Waals surface area contributed by atoms with E-state index in [9.17, 15) is 9.59 Å². The second-order valence-electron chi connectivity index (χ2n) is 8.82. The Morgan fingerprint density at radius 3 is 2.94 bits per heavy atom. The van der Waals surface area contributed by atoms with Crippen molar-refractivity contribution in [2.24, 2.45) is 0 Å². The van der Waals surface area contributed by atoms with Crippen LogP contribution in [0.25, 0.3) is 28.9 Å². The molecule has 3 N–H and O–H groups in total. The SMILES string of the molecule is C=c1[nH]c(=O)[nH]/c1=C\c1cnn2c(NC3CC3)cc(-c3ccc(C(=O)N4CCCOCC4)s3)nc12. The molecule has 2 fully saturated rings. The number of rotatable bonds is 5. The highest BCUT2D eigenvalue weighted by Gasteiger charge is 2.24. The summed E-state index contributed by atoms with van der Waals surface area (Å²) in [6, 6.07) is 6.22. The third kappa shape index (κ3) is 4.40. The summed E-state index contributed by atoms with van der Waals surface area (Å²) in [6.45, 7) is 6.45. The number of nitrogens with zero attached hydrogens (tertiary/aromatic N) is 4. The number of aromatic nitrogens is 5. The van der Waals surface area contributed by atoms with Gasteiger partial charge in [-0.15, -0.1) is 11.3 Å². The number of hydrogen-bond acceptors (Lipinski definition) is 7. The first-order valence-electron chi connectivity index (χ1n) is 11.7. The molecule has 1 aliphatic heterocycles. The average molecular weight is 492 g/mol. The fourth-order valence-electron chi connectivity index (χ4n) is 4.16. The number of nitrogens with one attached hydrogen (secondary N) is 3. The van der Waals surface area contributed by atoms with E-state index >= 15 is 0 Å². The fraction of sp³-hybridized carbons (Fsp3) is 0.333. The van der Waals surface area contributed by atoms with Gasteiger partial charge in [-0.1, -0.05) is 6.58 Å². The first-order chi connectivity index (χ1) is 17.0. The number of anilines is 1. The average Bonchev–Trinajstić information content (AvgIpc) is 3.34. The van der Waals surface area contributed by atoms with Crippen molar-refractivity contribution in [3.63, 3.8) is 0 Å². The molecule has 10 nitrogen and oxygen atoms in total. The van der Waals surface area contributed by atoms with Crippen molar-refractivity contribution in [1.29, 1.82) is 0 Å². The van der Waals surface area contributed by atoms with Crippen LogP contribution in [0.15, 0.2) is 29.2 Å². The molecular weight excluding hydrogens is 466 g/mol. The minimum absolute atomic E-state index is 0.0296. The summed E-state index contributed by atoms with van der Waals surface area (Å²) in [5.41, 5.74) is 1.85. The van der Waals surface area contributed by atoms with Gasteiger partial charge in [0.15, 0.2) is 5.65 Å². The monoisotopic (exact) mass is 491 g/mol. The summed E-state index contributed by atoms with van der Waals surface area (Å²) in [4.78, 5) is 38.5. The standard InChI is InChI=1S/C24H25N7O3S/c1-14-17(29-24(33)26-14)11-15-13-25-31-21(27-16-3-4-16)12-18(28-22(15)31)19-5-6-20(35-19)23(32)30-7-2-9-34-10-8-30/h5-6,11-13,16,27H,1-4,7-10H2,(H2,26,29,33)/b17-11-. The number of aromatic amines is 2. The summed E-state index contributed by atoms with van der Waals surface area (Å²) in [7, 11) is 0. The highest BCUT2D eigenvalue weighted by molar-refractivity contribution is 7.17. The van der Waals surface area contributed by atoms with E-state index in [1.807, 2.05) is 29.2 Å². The van der Waals surface area contributed by atoms with E-state index in [4.69, 9.17) is 9.72 Å². The largest absolute Gasteiger partial charge is 0.380 e. The second kappa shape index (κ2) is 8.82. The number of hydrogen-bond donors (Lipinski definition) is 3. The second-order valence-corrected chi connectivity index (χ2v) is 9.90. The van der Waals surface area contributed by atoms with Gasteiger partial charge in [-0.05, 0) is 37.5 Å². The predicted molar refractivity (Wildman–Crippen MR) is 134 cm³/mol. The van der Waals surface area contributed by atoms with E-state index in [-0.39, 0.29) is 11.6 Å². The van der Waals surface area contributed by atoms with Crippen LogP contribution in [0.3, 0.4) is 0 Å². The van der Waals surface area contributed by atoms with E-state index in [0.29, 0.717) is 53.6 Å². The minimum Gasteiger partial charge on any atom is -0.380 e.